The van der Waals surface area contributed by atoms with Gasteiger partial charge in [0.25, 0.3) is 5.91 Å². The van der Waals surface area contributed by atoms with E-state index >= 15 is 0 Å². The van der Waals surface area contributed by atoms with Crippen molar-refractivity contribution < 1.29 is 19.1 Å². The zero-order chi connectivity index (χ0) is 14.3. The maximum atomic E-state index is 11.6. The van der Waals surface area contributed by atoms with E-state index in [0.29, 0.717) is 30.2 Å². The Labute approximate surface area is 112 Å². The van der Waals surface area contributed by atoms with E-state index in [1.165, 1.54) is 0 Å². The summed E-state index contributed by atoms with van der Waals surface area (Å²) < 4.78 is 11.0. The number of rotatable bonds is 7. The molecule has 104 valence electrons. The molecule has 1 N–H and O–H groups in total. The van der Waals surface area contributed by atoms with Crippen LogP contribution in [0.1, 0.15) is 31.1 Å². The number of nitrogens with one attached hydrogen (secondary N) is 1. The van der Waals surface area contributed by atoms with Crippen LogP contribution in [0.3, 0.4) is 0 Å². The zero-order valence-corrected chi connectivity index (χ0v) is 11.4. The predicted molar refractivity (Wildman–Crippen MR) is 71.8 cm³/mol. The summed E-state index contributed by atoms with van der Waals surface area (Å²) in [7, 11) is 0. The third kappa shape index (κ3) is 4.28. The van der Waals surface area contributed by atoms with Gasteiger partial charge in [-0.1, -0.05) is 0 Å². The molecule has 1 atom stereocenters. The van der Waals surface area contributed by atoms with Crippen molar-refractivity contribution in [1.82, 2.24) is 5.32 Å². The zero-order valence-electron chi connectivity index (χ0n) is 11.4. The number of hydrogen-bond donors (Lipinski definition) is 1. The molecule has 5 heteroatoms. The number of likely N-dealkylation sites (N-methyl/N-ethyl adjacent to an activating group) is 1. The Hall–Kier alpha value is -2.04. The molecule has 0 saturated carbocycles. The van der Waals surface area contributed by atoms with Gasteiger partial charge in [0.05, 0.1) is 6.61 Å². The Morgan fingerprint density at radius 1 is 1.37 bits per heavy atom. The minimum atomic E-state index is -0.624. The summed E-state index contributed by atoms with van der Waals surface area (Å²) in [4.78, 5) is 22.3. The standard InChI is InChI=1S/C14H19NO4/c1-4-15-14(17)10(3)19-12-7-6-11(9-16)8-13(12)18-5-2/h6-10H,4-5H2,1-3H3,(H,15,17). The highest BCUT2D eigenvalue weighted by atomic mass is 16.5. The fourth-order valence-electron chi connectivity index (χ4n) is 1.53. The van der Waals surface area contributed by atoms with Crippen molar-refractivity contribution in [2.45, 2.75) is 26.9 Å². The van der Waals surface area contributed by atoms with Crippen molar-refractivity contribution in [3.63, 3.8) is 0 Å². The molecule has 1 rings (SSSR count). The average molecular weight is 265 g/mol. The summed E-state index contributed by atoms with van der Waals surface area (Å²) in [6.07, 6.45) is 0.112. The maximum absolute atomic E-state index is 11.6. The van der Waals surface area contributed by atoms with Crippen LogP contribution >= 0.6 is 0 Å². The molecule has 1 aromatic rings. The number of carbonyl (C=O) groups is 2. The van der Waals surface area contributed by atoms with Crippen LogP contribution in [-0.2, 0) is 4.79 Å². The predicted octanol–water partition coefficient (Wildman–Crippen LogP) is 1.80. The Kier molecular flexibility index (Phi) is 5.85. The molecule has 1 aromatic carbocycles. The third-order valence-electron chi connectivity index (χ3n) is 2.43. The van der Waals surface area contributed by atoms with Crippen molar-refractivity contribution in [1.29, 1.82) is 0 Å². The van der Waals surface area contributed by atoms with Gasteiger partial charge in [-0.15, -0.1) is 0 Å². The molecule has 0 aliphatic carbocycles. The quantitative estimate of drug-likeness (QED) is 0.763. The molecule has 19 heavy (non-hydrogen) atoms. The smallest absolute Gasteiger partial charge is 0.260 e. The molecule has 0 spiro atoms. The van der Waals surface area contributed by atoms with Crippen molar-refractivity contribution in [3.05, 3.63) is 23.8 Å². The topological polar surface area (TPSA) is 64.6 Å². The molecule has 0 bridgehead atoms. The highest BCUT2D eigenvalue weighted by Gasteiger charge is 2.16. The summed E-state index contributed by atoms with van der Waals surface area (Å²) in [5.74, 6) is 0.721. The van der Waals surface area contributed by atoms with Gasteiger partial charge in [-0.3, -0.25) is 9.59 Å². The van der Waals surface area contributed by atoms with Crippen LogP contribution in [-0.4, -0.2) is 31.4 Å². The van der Waals surface area contributed by atoms with Crippen LogP contribution < -0.4 is 14.8 Å². The van der Waals surface area contributed by atoms with E-state index in [-0.39, 0.29) is 5.91 Å². The van der Waals surface area contributed by atoms with Gasteiger partial charge in [-0.25, -0.2) is 0 Å². The van der Waals surface area contributed by atoms with Crippen molar-refractivity contribution in [2.75, 3.05) is 13.2 Å². The largest absolute Gasteiger partial charge is 0.490 e. The monoisotopic (exact) mass is 265 g/mol. The minimum Gasteiger partial charge on any atom is -0.490 e. The van der Waals surface area contributed by atoms with Gasteiger partial charge in [-0.2, -0.15) is 0 Å². The molecule has 0 radical (unpaired) electrons. The fourth-order valence-corrected chi connectivity index (χ4v) is 1.53. The molecule has 5 nitrogen and oxygen atoms in total. The first-order valence-electron chi connectivity index (χ1n) is 6.28. The summed E-state index contributed by atoms with van der Waals surface area (Å²) in [6.45, 7) is 6.34. The maximum Gasteiger partial charge on any atom is 0.260 e. The Morgan fingerprint density at radius 2 is 2.11 bits per heavy atom. The van der Waals surface area contributed by atoms with Crippen LogP contribution in [0.5, 0.6) is 11.5 Å². The molecule has 0 aliphatic heterocycles. The number of carbonyl (C=O) groups excluding carboxylic acids is 2. The molecule has 0 aliphatic rings. The third-order valence-corrected chi connectivity index (χ3v) is 2.43. The van der Waals surface area contributed by atoms with E-state index in [1.54, 1.807) is 25.1 Å². The first-order valence-corrected chi connectivity index (χ1v) is 6.28. The van der Waals surface area contributed by atoms with Crippen LogP contribution in [0.4, 0.5) is 0 Å². The van der Waals surface area contributed by atoms with Gasteiger partial charge in [0.15, 0.2) is 17.6 Å². The van der Waals surface area contributed by atoms with Gasteiger partial charge in [-0.05, 0) is 39.0 Å². The lowest BCUT2D eigenvalue weighted by atomic mass is 10.2. The molecule has 0 aromatic heterocycles. The Balaban J connectivity index is 2.87. The molecule has 1 amide bonds. The molecule has 0 fully saturated rings. The van der Waals surface area contributed by atoms with E-state index in [2.05, 4.69) is 5.32 Å². The van der Waals surface area contributed by atoms with Gasteiger partial charge in [0.2, 0.25) is 0 Å². The first-order chi connectivity index (χ1) is 9.12. The number of benzene rings is 1. The van der Waals surface area contributed by atoms with Gasteiger partial charge in [0.1, 0.15) is 6.29 Å². The highest BCUT2D eigenvalue weighted by molar-refractivity contribution is 5.81. The molecule has 0 saturated heterocycles. The lowest BCUT2D eigenvalue weighted by Crippen LogP contribution is -2.36. The van der Waals surface area contributed by atoms with Crippen molar-refractivity contribution in [3.8, 4) is 11.5 Å². The summed E-state index contributed by atoms with van der Waals surface area (Å²) in [5.41, 5.74) is 0.501. The van der Waals surface area contributed by atoms with E-state index in [4.69, 9.17) is 9.47 Å². The van der Waals surface area contributed by atoms with E-state index in [0.717, 1.165) is 6.29 Å². The van der Waals surface area contributed by atoms with Crippen LogP contribution in [0, 0.1) is 0 Å². The van der Waals surface area contributed by atoms with Crippen LogP contribution in [0.2, 0.25) is 0 Å². The summed E-state index contributed by atoms with van der Waals surface area (Å²) >= 11 is 0. The Morgan fingerprint density at radius 3 is 2.68 bits per heavy atom. The first kappa shape index (κ1) is 15.0. The second-order valence-corrected chi connectivity index (χ2v) is 3.91. The number of amides is 1. The second kappa shape index (κ2) is 7.41. The van der Waals surface area contributed by atoms with Crippen molar-refractivity contribution >= 4 is 12.2 Å². The summed E-state index contributed by atoms with van der Waals surface area (Å²) in [6, 6.07) is 4.84. The molecular formula is C14H19NO4. The van der Waals surface area contributed by atoms with E-state index < -0.39 is 6.10 Å². The lowest BCUT2D eigenvalue weighted by Gasteiger charge is -2.17. The molecule has 0 heterocycles. The van der Waals surface area contributed by atoms with E-state index in [1.807, 2.05) is 13.8 Å². The normalized spacial score (nSPS) is 11.5. The van der Waals surface area contributed by atoms with Gasteiger partial charge in [0, 0.05) is 12.1 Å². The average Bonchev–Trinajstić information content (AvgIpc) is 2.41. The number of aldehydes is 1. The van der Waals surface area contributed by atoms with Crippen LogP contribution in [0.25, 0.3) is 0 Å². The van der Waals surface area contributed by atoms with Crippen molar-refractivity contribution in [2.24, 2.45) is 0 Å². The highest BCUT2D eigenvalue weighted by Crippen LogP contribution is 2.28. The molecule has 1 unspecified atom stereocenters. The number of ether oxygens (including phenoxy) is 2. The lowest BCUT2D eigenvalue weighted by molar-refractivity contribution is -0.127. The van der Waals surface area contributed by atoms with Crippen LogP contribution in [0.15, 0.2) is 18.2 Å². The molecular weight excluding hydrogens is 246 g/mol. The van der Waals surface area contributed by atoms with Gasteiger partial charge >= 0.3 is 0 Å². The Bertz CT molecular complexity index is 445. The van der Waals surface area contributed by atoms with Gasteiger partial charge < -0.3 is 14.8 Å². The fraction of sp³-hybridized carbons (Fsp3) is 0.429. The summed E-state index contributed by atoms with van der Waals surface area (Å²) in [5, 5.41) is 2.68. The van der Waals surface area contributed by atoms with E-state index in [9.17, 15) is 9.59 Å². The number of hydrogen-bond acceptors (Lipinski definition) is 4. The second-order valence-electron chi connectivity index (χ2n) is 3.91. The minimum absolute atomic E-state index is 0.190. The SMILES string of the molecule is CCNC(=O)C(C)Oc1ccc(C=O)cc1OCC.